The first-order chi connectivity index (χ1) is 37.6. The van der Waals surface area contributed by atoms with Gasteiger partial charge < -0.3 is 26.8 Å². The Bertz CT molecular complexity index is 5180. The molecule has 0 aliphatic heterocycles. The van der Waals surface area contributed by atoms with Crippen molar-refractivity contribution in [3.63, 3.8) is 0 Å². The summed E-state index contributed by atoms with van der Waals surface area (Å²) >= 11 is 0. The smallest absolute Gasteiger partial charge is 0.212 e. The van der Waals surface area contributed by atoms with Crippen LogP contribution in [0.4, 0.5) is 5.69 Å². The fourth-order valence-corrected chi connectivity index (χ4v) is 12.4. The molecule has 0 bridgehead atoms. The van der Waals surface area contributed by atoms with Crippen LogP contribution in [-0.2, 0) is 0 Å². The lowest BCUT2D eigenvalue weighted by Crippen LogP contribution is -2.01. The first kappa shape index (κ1) is 40.8. The maximum atomic E-state index is 11.4. The Morgan fingerprint density at radius 1 is 0.342 bits per heavy atom. The van der Waals surface area contributed by atoms with Gasteiger partial charge in [-0.15, -0.1) is 0 Å². The molecule has 8 nitrogen and oxygen atoms in total. The van der Waals surface area contributed by atoms with Crippen molar-refractivity contribution in [2.24, 2.45) is 0 Å². The number of aromatic nitrogens is 2. The van der Waals surface area contributed by atoms with Gasteiger partial charge in [0, 0.05) is 53.9 Å². The molecule has 76 heavy (non-hydrogen) atoms. The van der Waals surface area contributed by atoms with Crippen molar-refractivity contribution >= 4 is 137 Å². The second-order valence-electron chi connectivity index (χ2n) is 19.7. The Hall–Kier alpha value is -10.8. The Morgan fingerprint density at radius 2 is 0.724 bits per heavy atom. The van der Waals surface area contributed by atoms with Crippen molar-refractivity contribution in [2.75, 3.05) is 0 Å². The summed E-state index contributed by atoms with van der Waals surface area (Å²) < 4.78 is 30.2. The van der Waals surface area contributed by atoms with E-state index in [0.29, 0.717) is 22.6 Å². The van der Waals surface area contributed by atoms with Crippen LogP contribution in [0, 0.1) is 17.9 Å². The molecule has 0 fully saturated rings. The number of para-hydroxylation sites is 4. The Kier molecular flexibility index (Phi) is 7.99. The second-order valence-corrected chi connectivity index (χ2v) is 19.7. The van der Waals surface area contributed by atoms with Gasteiger partial charge in [-0.25, -0.2) is 4.85 Å². The number of hydrogen-bond acceptors (Lipinski definition) is 5. The maximum absolute atomic E-state index is 11.4. The van der Waals surface area contributed by atoms with Gasteiger partial charge in [-0.3, -0.25) is 0 Å². The number of fused-ring (bicyclic) bond motifs is 20. The molecule has 6 heterocycles. The normalized spacial score (nSPS) is 12.2. The molecule has 0 aliphatic rings. The van der Waals surface area contributed by atoms with Gasteiger partial charge in [0.1, 0.15) is 50.7 Å². The van der Waals surface area contributed by atoms with E-state index in [0.717, 1.165) is 154 Å². The zero-order valence-electron chi connectivity index (χ0n) is 40.1. The van der Waals surface area contributed by atoms with Gasteiger partial charge in [0.2, 0.25) is 5.69 Å². The minimum absolute atomic E-state index is 0.385. The number of hydrogen-bond donors (Lipinski definition) is 0. The van der Waals surface area contributed by atoms with Crippen molar-refractivity contribution in [2.45, 2.75) is 0 Å². The minimum Gasteiger partial charge on any atom is -0.456 e. The van der Waals surface area contributed by atoms with Crippen LogP contribution in [0.25, 0.3) is 170 Å². The highest BCUT2D eigenvalue weighted by Gasteiger charge is 2.26. The number of furan rings is 4. The third-order valence-corrected chi connectivity index (χ3v) is 15.8. The van der Waals surface area contributed by atoms with Gasteiger partial charge >= 0.3 is 0 Å². The van der Waals surface area contributed by atoms with Crippen molar-refractivity contribution in [3.8, 4) is 39.7 Å². The molecule has 0 atom stereocenters. The zero-order valence-corrected chi connectivity index (χ0v) is 40.1. The predicted molar refractivity (Wildman–Crippen MR) is 306 cm³/mol. The molecular weight excluding hydrogens is 937 g/mol. The summed E-state index contributed by atoms with van der Waals surface area (Å²) in [7, 11) is 0. The van der Waals surface area contributed by atoms with Crippen LogP contribution in [0.1, 0.15) is 5.56 Å². The summed E-state index contributed by atoms with van der Waals surface area (Å²) in [5.41, 5.74) is 16.1. The van der Waals surface area contributed by atoms with E-state index in [9.17, 15) is 5.26 Å². The van der Waals surface area contributed by atoms with E-state index in [1.807, 2.05) is 97.1 Å². The summed E-state index contributed by atoms with van der Waals surface area (Å²) in [4.78, 5) is 4.28. The molecule has 0 saturated carbocycles. The molecule has 17 rings (SSSR count). The fraction of sp³-hybridized carbons (Fsp3) is 0. The standard InChI is InChI=1S/C68H34N4O4/c1-70-52-35-57(71-53-24-18-37(39-20-28-63-48(30-39)44-12-4-6-14-59(44)73-63)32-50(53)65-55(71)26-22-46-42-10-2-8-16-61(42)75-67(46)65)41(36-69)34-58(52)72-54-25-19-38(40-21-29-64-49(31-40)45-13-5-7-15-60(45)74-64)33-51(54)66-56(72)27-23-47-43-11-3-9-17-62(43)76-68(47)66/h2-35H. The van der Waals surface area contributed by atoms with Crippen LogP contribution < -0.4 is 0 Å². The Labute approximate surface area is 430 Å². The van der Waals surface area contributed by atoms with Crippen molar-refractivity contribution in [1.82, 2.24) is 9.13 Å². The van der Waals surface area contributed by atoms with Crippen molar-refractivity contribution < 1.29 is 17.7 Å². The summed E-state index contributed by atoms with van der Waals surface area (Å²) in [6, 6.07) is 72.9. The molecule has 0 aliphatic carbocycles. The number of rotatable bonds is 4. The van der Waals surface area contributed by atoms with Crippen molar-refractivity contribution in [1.29, 1.82) is 5.26 Å². The van der Waals surface area contributed by atoms with Gasteiger partial charge in [-0.2, -0.15) is 5.26 Å². The molecule has 350 valence electrons. The quantitative estimate of drug-likeness (QED) is 0.164. The Morgan fingerprint density at radius 3 is 1.18 bits per heavy atom. The molecule has 17 aromatic rings. The van der Waals surface area contributed by atoms with Crippen LogP contribution >= 0.6 is 0 Å². The highest BCUT2D eigenvalue weighted by molar-refractivity contribution is 6.26. The summed E-state index contributed by atoms with van der Waals surface area (Å²) in [5, 5.41) is 23.4. The largest absolute Gasteiger partial charge is 0.456 e. The number of benzene rings is 11. The lowest BCUT2D eigenvalue weighted by Gasteiger charge is -2.16. The van der Waals surface area contributed by atoms with Gasteiger partial charge in [-0.1, -0.05) is 97.1 Å². The van der Waals surface area contributed by atoms with Gasteiger partial charge in [-0.05, 0) is 131 Å². The van der Waals surface area contributed by atoms with E-state index in [-0.39, 0.29) is 0 Å². The van der Waals surface area contributed by atoms with E-state index in [4.69, 9.17) is 24.2 Å². The number of nitriles is 1. The lowest BCUT2D eigenvalue weighted by atomic mass is 10.00. The maximum Gasteiger partial charge on any atom is 0.212 e. The van der Waals surface area contributed by atoms with Crippen LogP contribution in [0.15, 0.2) is 224 Å². The summed E-state index contributed by atoms with van der Waals surface area (Å²) in [6.45, 7) is 8.90. The zero-order chi connectivity index (χ0) is 49.9. The van der Waals surface area contributed by atoms with Crippen molar-refractivity contribution in [3.05, 3.63) is 223 Å². The molecule has 8 heteroatoms. The molecular formula is C68H34N4O4. The molecule has 6 aromatic heterocycles. The average Bonchev–Trinajstić information content (AvgIpc) is 4.52. The second kappa shape index (κ2) is 14.9. The molecule has 0 unspecified atom stereocenters. The van der Waals surface area contributed by atoms with Gasteiger partial charge in [0.05, 0.1) is 56.3 Å². The predicted octanol–water partition coefficient (Wildman–Crippen LogP) is 19.2. The van der Waals surface area contributed by atoms with E-state index >= 15 is 0 Å². The molecule has 0 spiro atoms. The minimum atomic E-state index is 0.385. The molecule has 0 saturated heterocycles. The highest BCUT2D eigenvalue weighted by atomic mass is 16.3. The van der Waals surface area contributed by atoms with E-state index in [2.05, 4.69) is 129 Å². The first-order valence-corrected chi connectivity index (χ1v) is 25.1. The van der Waals surface area contributed by atoms with E-state index < -0.39 is 0 Å². The third kappa shape index (κ3) is 5.48. The topological polar surface area (TPSA) is 90.6 Å². The molecule has 11 aromatic carbocycles. The van der Waals surface area contributed by atoms with Crippen LogP contribution in [-0.4, -0.2) is 9.13 Å². The monoisotopic (exact) mass is 970 g/mol. The molecule has 0 amide bonds. The SMILES string of the molecule is [C-]#[N+]c1cc(-n2c3ccc(-c4ccc5oc6ccccc6c5c4)cc3c3c4oc5ccccc5c4ccc32)c(C#N)cc1-n1c2ccc(-c3ccc4oc5ccccc5c4c3)cc2c2c3oc4ccccc4c3ccc21. The summed E-state index contributed by atoms with van der Waals surface area (Å²) in [5.74, 6) is 0. The van der Waals surface area contributed by atoms with Gasteiger partial charge in [0.25, 0.3) is 0 Å². The van der Waals surface area contributed by atoms with E-state index in [1.165, 1.54) is 0 Å². The van der Waals surface area contributed by atoms with E-state index in [1.54, 1.807) is 0 Å². The summed E-state index contributed by atoms with van der Waals surface area (Å²) in [6.07, 6.45) is 0. The lowest BCUT2D eigenvalue weighted by molar-refractivity contribution is 0.668. The average molecular weight is 971 g/mol. The highest BCUT2D eigenvalue weighted by Crippen LogP contribution is 2.47. The molecule has 0 N–H and O–H groups in total. The fourth-order valence-electron chi connectivity index (χ4n) is 12.4. The Balaban J connectivity index is 0.906. The van der Waals surface area contributed by atoms with Gasteiger partial charge in [0.15, 0.2) is 0 Å². The molecule has 0 radical (unpaired) electrons. The van der Waals surface area contributed by atoms with Crippen LogP contribution in [0.2, 0.25) is 0 Å². The van der Waals surface area contributed by atoms with Crippen LogP contribution in [0.3, 0.4) is 0 Å². The number of nitrogens with zero attached hydrogens (tertiary/aromatic N) is 4. The van der Waals surface area contributed by atoms with Crippen LogP contribution in [0.5, 0.6) is 0 Å². The first-order valence-electron chi connectivity index (χ1n) is 25.1. The third-order valence-electron chi connectivity index (χ3n) is 15.8.